The zero-order valence-corrected chi connectivity index (χ0v) is 10.0. The van der Waals surface area contributed by atoms with E-state index in [9.17, 15) is 9.18 Å². The van der Waals surface area contributed by atoms with E-state index in [0.717, 1.165) is 0 Å². The van der Waals surface area contributed by atoms with Gasteiger partial charge in [-0.1, -0.05) is 6.07 Å². The highest BCUT2D eigenvalue weighted by Gasteiger charge is 2.40. The molecule has 1 aromatic rings. The summed E-state index contributed by atoms with van der Waals surface area (Å²) in [6, 6.07) is 4.32. The lowest BCUT2D eigenvalue weighted by atomic mass is 9.93. The van der Waals surface area contributed by atoms with Crippen LogP contribution in [0.3, 0.4) is 0 Å². The molecule has 0 saturated heterocycles. The van der Waals surface area contributed by atoms with Crippen molar-refractivity contribution in [2.45, 2.75) is 12.5 Å². The minimum Gasteiger partial charge on any atom is -0.370 e. The Hall–Kier alpha value is -1.43. The number of rotatable bonds is 1. The molecule has 1 unspecified atom stereocenters. The average Bonchev–Trinajstić information content (AvgIpc) is 2.46. The summed E-state index contributed by atoms with van der Waals surface area (Å²) in [6.45, 7) is 1.63. The standard InChI is InChI=1S/C10H9BrFN3O/c1-10(8(16)14-9(13)15-10)5-2-3-7(12)6(11)4-5/h2-4H,1H3,(H3,13,14,15,16). The molecule has 1 heterocycles. The maximum absolute atomic E-state index is 13.1. The van der Waals surface area contributed by atoms with Gasteiger partial charge in [0.25, 0.3) is 5.91 Å². The summed E-state index contributed by atoms with van der Waals surface area (Å²) in [5.74, 6) is -0.626. The van der Waals surface area contributed by atoms with Crippen molar-refractivity contribution in [3.05, 3.63) is 34.1 Å². The minimum absolute atomic E-state index is 0.0768. The smallest absolute Gasteiger partial charge is 0.259 e. The number of hydrogen-bond acceptors (Lipinski definition) is 3. The van der Waals surface area contributed by atoms with Crippen LogP contribution in [0.5, 0.6) is 0 Å². The van der Waals surface area contributed by atoms with E-state index >= 15 is 0 Å². The van der Waals surface area contributed by atoms with Crippen LogP contribution in [0, 0.1) is 5.82 Å². The number of halogens is 2. The molecular weight excluding hydrogens is 277 g/mol. The van der Waals surface area contributed by atoms with Gasteiger partial charge in [0, 0.05) is 0 Å². The van der Waals surface area contributed by atoms with Crippen molar-refractivity contribution < 1.29 is 9.18 Å². The van der Waals surface area contributed by atoms with Crippen molar-refractivity contribution in [3.63, 3.8) is 0 Å². The molecular formula is C10H9BrFN3O. The van der Waals surface area contributed by atoms with Crippen LogP contribution in [0.2, 0.25) is 0 Å². The fourth-order valence-electron chi connectivity index (χ4n) is 1.55. The predicted octanol–water partition coefficient (Wildman–Crippen LogP) is 1.25. The van der Waals surface area contributed by atoms with E-state index < -0.39 is 5.54 Å². The van der Waals surface area contributed by atoms with Crippen LogP contribution in [-0.2, 0) is 10.3 Å². The molecule has 1 aliphatic rings. The summed E-state index contributed by atoms with van der Waals surface area (Å²) in [5, 5.41) is 2.42. The van der Waals surface area contributed by atoms with Gasteiger partial charge in [0.1, 0.15) is 5.82 Å². The Labute approximate surface area is 99.9 Å². The number of benzene rings is 1. The minimum atomic E-state index is -1.08. The van der Waals surface area contributed by atoms with Crippen LogP contribution < -0.4 is 11.1 Å². The molecule has 4 nitrogen and oxygen atoms in total. The Morgan fingerprint density at radius 1 is 1.56 bits per heavy atom. The second-order valence-electron chi connectivity index (χ2n) is 3.65. The first kappa shape index (κ1) is 11.1. The van der Waals surface area contributed by atoms with E-state index in [-0.39, 0.29) is 17.7 Å². The van der Waals surface area contributed by atoms with Crippen LogP contribution >= 0.6 is 15.9 Å². The molecule has 2 rings (SSSR count). The number of guanidine groups is 1. The fraction of sp³-hybridized carbons (Fsp3) is 0.200. The van der Waals surface area contributed by atoms with Crippen LogP contribution in [0.4, 0.5) is 4.39 Å². The van der Waals surface area contributed by atoms with Gasteiger partial charge in [-0.15, -0.1) is 0 Å². The first-order valence-corrected chi connectivity index (χ1v) is 5.35. The molecule has 0 aromatic heterocycles. The Bertz CT molecular complexity index is 503. The van der Waals surface area contributed by atoms with Crippen molar-refractivity contribution in [1.82, 2.24) is 5.32 Å². The van der Waals surface area contributed by atoms with Gasteiger partial charge in [-0.25, -0.2) is 9.38 Å². The summed E-state index contributed by atoms with van der Waals surface area (Å²) < 4.78 is 13.4. The number of aliphatic imine (C=N–C) groups is 1. The highest BCUT2D eigenvalue weighted by molar-refractivity contribution is 9.10. The summed E-state index contributed by atoms with van der Waals surface area (Å²) >= 11 is 3.07. The highest BCUT2D eigenvalue weighted by atomic mass is 79.9. The summed E-state index contributed by atoms with van der Waals surface area (Å²) in [6.07, 6.45) is 0. The number of carbonyl (C=O) groups excluding carboxylic acids is 1. The predicted molar refractivity (Wildman–Crippen MR) is 61.2 cm³/mol. The zero-order valence-electron chi connectivity index (χ0n) is 8.42. The molecule has 1 aromatic carbocycles. The largest absolute Gasteiger partial charge is 0.370 e. The molecule has 0 radical (unpaired) electrons. The van der Waals surface area contributed by atoms with Crippen molar-refractivity contribution >= 4 is 27.8 Å². The Balaban J connectivity index is 2.51. The van der Waals surface area contributed by atoms with Gasteiger partial charge in [0.05, 0.1) is 4.47 Å². The molecule has 16 heavy (non-hydrogen) atoms. The topological polar surface area (TPSA) is 67.5 Å². The van der Waals surface area contributed by atoms with Gasteiger partial charge in [-0.2, -0.15) is 0 Å². The van der Waals surface area contributed by atoms with E-state index in [0.29, 0.717) is 10.0 Å². The summed E-state index contributed by atoms with van der Waals surface area (Å²) in [7, 11) is 0. The first-order chi connectivity index (χ1) is 7.43. The van der Waals surface area contributed by atoms with Crippen molar-refractivity contribution in [1.29, 1.82) is 0 Å². The molecule has 0 bridgehead atoms. The number of nitrogens with one attached hydrogen (secondary N) is 1. The molecule has 3 N–H and O–H groups in total. The molecule has 1 atom stereocenters. The number of hydrogen-bond donors (Lipinski definition) is 2. The second kappa shape index (κ2) is 3.55. The van der Waals surface area contributed by atoms with E-state index in [4.69, 9.17) is 5.73 Å². The van der Waals surface area contributed by atoms with E-state index in [2.05, 4.69) is 26.2 Å². The lowest BCUT2D eigenvalue weighted by molar-refractivity contribution is -0.123. The van der Waals surface area contributed by atoms with E-state index in [1.54, 1.807) is 6.92 Å². The third-order valence-electron chi connectivity index (χ3n) is 2.51. The molecule has 1 aliphatic heterocycles. The Kier molecular flexibility index (Phi) is 2.46. The monoisotopic (exact) mass is 285 g/mol. The molecule has 0 saturated carbocycles. The van der Waals surface area contributed by atoms with Crippen molar-refractivity contribution in [3.8, 4) is 0 Å². The van der Waals surface area contributed by atoms with Gasteiger partial charge < -0.3 is 5.73 Å². The number of carbonyl (C=O) groups is 1. The fourth-order valence-corrected chi connectivity index (χ4v) is 1.93. The maximum Gasteiger partial charge on any atom is 0.259 e. The molecule has 0 aliphatic carbocycles. The Morgan fingerprint density at radius 3 is 2.75 bits per heavy atom. The van der Waals surface area contributed by atoms with E-state index in [1.807, 2.05) is 0 Å². The number of amides is 1. The molecule has 0 fully saturated rings. The van der Waals surface area contributed by atoms with Gasteiger partial charge in [-0.3, -0.25) is 10.1 Å². The zero-order chi connectivity index (χ0) is 11.9. The summed E-state index contributed by atoms with van der Waals surface area (Å²) in [4.78, 5) is 15.7. The third-order valence-corrected chi connectivity index (χ3v) is 3.12. The van der Waals surface area contributed by atoms with Crippen molar-refractivity contribution in [2.75, 3.05) is 0 Å². The molecule has 84 valence electrons. The maximum atomic E-state index is 13.1. The van der Waals surface area contributed by atoms with Crippen LogP contribution in [0.15, 0.2) is 27.7 Å². The van der Waals surface area contributed by atoms with Crippen molar-refractivity contribution in [2.24, 2.45) is 10.7 Å². The lowest BCUT2D eigenvalue weighted by Crippen LogP contribution is -2.37. The molecule has 1 amide bonds. The summed E-state index contributed by atoms with van der Waals surface area (Å²) in [5.41, 5.74) is 4.94. The van der Waals surface area contributed by atoms with Gasteiger partial charge >= 0.3 is 0 Å². The number of nitrogens with zero attached hydrogens (tertiary/aromatic N) is 1. The third kappa shape index (κ3) is 1.59. The van der Waals surface area contributed by atoms with Crippen LogP contribution in [0.25, 0.3) is 0 Å². The average molecular weight is 286 g/mol. The van der Waals surface area contributed by atoms with E-state index in [1.165, 1.54) is 18.2 Å². The van der Waals surface area contributed by atoms with Crippen LogP contribution in [-0.4, -0.2) is 11.9 Å². The second-order valence-corrected chi connectivity index (χ2v) is 4.51. The van der Waals surface area contributed by atoms with Gasteiger partial charge in [0.15, 0.2) is 11.5 Å². The van der Waals surface area contributed by atoms with Gasteiger partial charge in [0.2, 0.25) is 0 Å². The first-order valence-electron chi connectivity index (χ1n) is 4.56. The quantitative estimate of drug-likeness (QED) is 0.815. The number of nitrogens with two attached hydrogens (primary N) is 1. The molecule has 6 heteroatoms. The van der Waals surface area contributed by atoms with Gasteiger partial charge in [-0.05, 0) is 40.5 Å². The lowest BCUT2D eigenvalue weighted by Gasteiger charge is -2.18. The van der Waals surface area contributed by atoms with Crippen LogP contribution in [0.1, 0.15) is 12.5 Å². The SMILES string of the molecule is CC1(c2ccc(F)c(Br)c2)N=C(N)NC1=O. The Morgan fingerprint density at radius 2 is 2.25 bits per heavy atom. The highest BCUT2D eigenvalue weighted by Crippen LogP contribution is 2.31. The normalized spacial score (nSPS) is 24.2. The molecule has 0 spiro atoms.